The molecule has 54 heavy (non-hydrogen) atoms. The highest BCUT2D eigenvalue weighted by Gasteiger charge is 2.41. The molecule has 0 aliphatic carbocycles. The quantitative estimate of drug-likeness (QED) is 0.115. The van der Waals surface area contributed by atoms with Crippen LogP contribution < -0.4 is 15.0 Å². The Kier molecular flexibility index (Phi) is 11.1. The number of hydrogen-bond donors (Lipinski definition) is 2. The number of hydrogen-bond acceptors (Lipinski definition) is 10. The minimum Gasteiger partial charge on any atom is -0.497 e. The largest absolute Gasteiger partial charge is 0.497 e. The molecule has 2 unspecified atom stereocenters. The summed E-state index contributed by atoms with van der Waals surface area (Å²) in [5.74, 6) is -0.492. The molecule has 2 fully saturated rings. The van der Waals surface area contributed by atoms with Gasteiger partial charge in [-0.25, -0.2) is 19.9 Å². The first-order valence-electron chi connectivity index (χ1n) is 18.4. The summed E-state index contributed by atoms with van der Waals surface area (Å²) < 4.78 is 21.0. The number of imide groups is 1. The van der Waals surface area contributed by atoms with E-state index >= 15 is 0 Å². The standard InChI is InChI=1S/C41H44N6O7/c1-3-42-34(49)20-11-28-12-21-35(50)47(40(28)51)39-37-38(43-25-44-39)46(26-45-37)36-22-19-33(54-36)24-53-41(29-7-5-4-6-8-29,30-13-9-27(23-48)10-14-30)31-15-17-32(52-2)18-16-31/h4-10,13-18,25-26,28,33,36,48H,3,11-12,19-24H2,1-2H3,(H,42,49)/t28?,33-,36+,41?/m0/s1. The lowest BCUT2D eigenvalue weighted by Crippen LogP contribution is -2.46. The van der Waals surface area contributed by atoms with Crippen LogP contribution in [0, 0.1) is 5.92 Å². The Bertz CT molecular complexity index is 2040. The van der Waals surface area contributed by atoms with Gasteiger partial charge in [0.25, 0.3) is 0 Å². The normalized spacial score (nSPS) is 19.9. The molecular weight excluding hydrogens is 688 g/mol. The minimum absolute atomic E-state index is 0.0704. The lowest BCUT2D eigenvalue weighted by atomic mass is 9.79. The Morgan fingerprint density at radius 2 is 1.67 bits per heavy atom. The van der Waals surface area contributed by atoms with Gasteiger partial charge in [0.2, 0.25) is 17.7 Å². The summed E-state index contributed by atoms with van der Waals surface area (Å²) in [4.78, 5) is 53.4. The summed E-state index contributed by atoms with van der Waals surface area (Å²) >= 11 is 0. The number of aliphatic hydroxyl groups excluding tert-OH is 1. The molecule has 0 radical (unpaired) electrons. The second kappa shape index (κ2) is 16.3. The molecule has 2 aliphatic rings. The van der Waals surface area contributed by atoms with Gasteiger partial charge in [-0.2, -0.15) is 0 Å². The third-order valence-corrected chi connectivity index (χ3v) is 10.3. The molecule has 280 valence electrons. The topological polar surface area (TPSA) is 158 Å². The van der Waals surface area contributed by atoms with Gasteiger partial charge in [0, 0.05) is 25.3 Å². The van der Waals surface area contributed by atoms with Gasteiger partial charge in [-0.1, -0.05) is 66.7 Å². The number of anilines is 1. The highest BCUT2D eigenvalue weighted by molar-refractivity contribution is 6.19. The zero-order valence-electron chi connectivity index (χ0n) is 30.4. The molecule has 13 heteroatoms. The SMILES string of the molecule is CCNC(=O)CCC1CCC(=O)N(c2ncnc3c2ncn3[C@H]2CC[C@@H](COC(c3ccccc3)(c3ccc(CO)cc3)c3ccc(OC)cc3)O2)C1=O. The van der Waals surface area contributed by atoms with Gasteiger partial charge in [-0.05, 0) is 67.0 Å². The highest BCUT2D eigenvalue weighted by Crippen LogP contribution is 2.43. The first-order chi connectivity index (χ1) is 26.4. The molecule has 3 amide bonds. The van der Waals surface area contributed by atoms with Crippen molar-refractivity contribution >= 4 is 34.7 Å². The van der Waals surface area contributed by atoms with Gasteiger partial charge in [-0.3, -0.25) is 19.0 Å². The van der Waals surface area contributed by atoms with Crippen molar-refractivity contribution in [3.05, 3.63) is 114 Å². The van der Waals surface area contributed by atoms with Crippen LogP contribution in [0.3, 0.4) is 0 Å². The first kappa shape index (κ1) is 36.8. The Labute approximate surface area is 313 Å². The number of ether oxygens (including phenoxy) is 3. The highest BCUT2D eigenvalue weighted by atomic mass is 16.6. The molecular formula is C41H44N6O7. The molecule has 3 aromatic carbocycles. The predicted molar refractivity (Wildman–Crippen MR) is 199 cm³/mol. The van der Waals surface area contributed by atoms with Gasteiger partial charge in [0.15, 0.2) is 17.0 Å². The van der Waals surface area contributed by atoms with Crippen molar-refractivity contribution < 1.29 is 33.7 Å². The van der Waals surface area contributed by atoms with Crippen LogP contribution in [0.2, 0.25) is 0 Å². The van der Waals surface area contributed by atoms with E-state index in [9.17, 15) is 19.5 Å². The van der Waals surface area contributed by atoms with E-state index in [1.54, 1.807) is 13.4 Å². The van der Waals surface area contributed by atoms with Crippen LogP contribution in [-0.2, 0) is 36.1 Å². The van der Waals surface area contributed by atoms with Crippen molar-refractivity contribution in [3.63, 3.8) is 0 Å². The van der Waals surface area contributed by atoms with Crippen molar-refractivity contribution in [1.29, 1.82) is 0 Å². The van der Waals surface area contributed by atoms with E-state index < -0.39 is 17.7 Å². The zero-order valence-corrected chi connectivity index (χ0v) is 30.4. The number of amides is 3. The molecule has 2 aromatic heterocycles. The number of benzene rings is 3. The molecule has 0 saturated carbocycles. The monoisotopic (exact) mass is 732 g/mol. The average molecular weight is 733 g/mol. The van der Waals surface area contributed by atoms with Gasteiger partial charge in [0.05, 0.1) is 32.8 Å². The molecule has 0 spiro atoms. The number of rotatable bonds is 14. The number of carbonyl (C=O) groups excluding carboxylic acids is 3. The van der Waals surface area contributed by atoms with E-state index in [4.69, 9.17) is 14.2 Å². The summed E-state index contributed by atoms with van der Waals surface area (Å²) in [6, 6.07) is 25.6. The fraction of sp³-hybridized carbons (Fsp3) is 0.366. The molecule has 5 aromatic rings. The summed E-state index contributed by atoms with van der Waals surface area (Å²) in [5.41, 5.74) is 3.26. The van der Waals surface area contributed by atoms with E-state index in [1.807, 2.05) is 90.4 Å². The predicted octanol–water partition coefficient (Wildman–Crippen LogP) is 5.20. The molecule has 4 heterocycles. The molecule has 7 rings (SSSR count). The molecule has 0 bridgehead atoms. The molecule has 2 aliphatic heterocycles. The van der Waals surface area contributed by atoms with Crippen LogP contribution in [0.4, 0.5) is 5.82 Å². The number of carbonyl (C=O) groups is 3. The molecule has 2 saturated heterocycles. The van der Waals surface area contributed by atoms with Crippen molar-refractivity contribution in [2.75, 3.05) is 25.2 Å². The number of aromatic nitrogens is 4. The van der Waals surface area contributed by atoms with E-state index in [1.165, 1.54) is 6.33 Å². The fourth-order valence-electron chi connectivity index (χ4n) is 7.46. The molecule has 13 nitrogen and oxygen atoms in total. The summed E-state index contributed by atoms with van der Waals surface area (Å²) in [6.45, 7) is 2.54. The second-order valence-corrected chi connectivity index (χ2v) is 13.5. The number of piperidine rings is 1. The Morgan fingerprint density at radius 1 is 0.944 bits per heavy atom. The number of methoxy groups -OCH3 is 1. The maximum Gasteiger partial charge on any atom is 0.238 e. The van der Waals surface area contributed by atoms with Crippen LogP contribution in [0.5, 0.6) is 5.75 Å². The summed E-state index contributed by atoms with van der Waals surface area (Å²) in [5, 5.41) is 12.5. The van der Waals surface area contributed by atoms with E-state index in [0.717, 1.165) is 32.9 Å². The van der Waals surface area contributed by atoms with Crippen LogP contribution in [0.15, 0.2) is 91.5 Å². The first-order valence-corrected chi connectivity index (χ1v) is 18.4. The molecule has 4 atom stereocenters. The van der Waals surface area contributed by atoms with E-state index in [0.29, 0.717) is 43.4 Å². The van der Waals surface area contributed by atoms with Gasteiger partial charge >= 0.3 is 0 Å². The van der Waals surface area contributed by atoms with Crippen molar-refractivity contribution in [2.45, 2.75) is 70.0 Å². The Morgan fingerprint density at radius 3 is 2.37 bits per heavy atom. The summed E-state index contributed by atoms with van der Waals surface area (Å²) in [7, 11) is 1.63. The number of nitrogens with zero attached hydrogens (tertiary/aromatic N) is 5. The smallest absolute Gasteiger partial charge is 0.238 e. The van der Waals surface area contributed by atoms with Crippen molar-refractivity contribution in [1.82, 2.24) is 24.8 Å². The number of fused-ring (bicyclic) bond motifs is 1. The lowest BCUT2D eigenvalue weighted by Gasteiger charge is -2.37. The van der Waals surface area contributed by atoms with Gasteiger partial charge in [0.1, 0.15) is 23.9 Å². The number of aliphatic hydroxyl groups is 1. The third-order valence-electron chi connectivity index (χ3n) is 10.3. The number of imidazole rings is 1. The number of nitrogens with one attached hydrogen (secondary N) is 1. The zero-order chi connectivity index (χ0) is 37.7. The van der Waals surface area contributed by atoms with Crippen molar-refractivity contribution in [3.8, 4) is 5.75 Å². The molecule has 2 N–H and O–H groups in total. The van der Waals surface area contributed by atoms with E-state index in [-0.39, 0.29) is 55.7 Å². The second-order valence-electron chi connectivity index (χ2n) is 13.5. The third kappa shape index (κ3) is 7.22. The minimum atomic E-state index is -1.02. The Balaban J connectivity index is 1.13. The van der Waals surface area contributed by atoms with Crippen LogP contribution in [0.25, 0.3) is 11.2 Å². The maximum absolute atomic E-state index is 13.6. The Hall–Kier alpha value is -5.50. The van der Waals surface area contributed by atoms with Crippen LogP contribution in [-0.4, -0.2) is 68.7 Å². The van der Waals surface area contributed by atoms with Crippen LogP contribution >= 0.6 is 0 Å². The maximum atomic E-state index is 13.6. The van der Waals surface area contributed by atoms with Gasteiger partial charge in [-0.15, -0.1) is 0 Å². The van der Waals surface area contributed by atoms with Gasteiger partial charge < -0.3 is 24.6 Å². The fourth-order valence-corrected chi connectivity index (χ4v) is 7.46. The lowest BCUT2D eigenvalue weighted by molar-refractivity contribution is -0.132. The van der Waals surface area contributed by atoms with E-state index in [2.05, 4.69) is 20.3 Å². The van der Waals surface area contributed by atoms with Crippen molar-refractivity contribution in [2.24, 2.45) is 5.92 Å². The summed E-state index contributed by atoms with van der Waals surface area (Å²) in [6.07, 6.45) is 4.64. The van der Waals surface area contributed by atoms with Crippen LogP contribution in [0.1, 0.15) is 73.9 Å². The average Bonchev–Trinajstić information content (AvgIpc) is 3.87.